The van der Waals surface area contributed by atoms with E-state index in [0.717, 1.165) is 11.1 Å². The van der Waals surface area contributed by atoms with E-state index in [0.29, 0.717) is 28.8 Å². The molecule has 1 aromatic carbocycles. The number of thioether (sulfide) groups is 1. The molecule has 8 heteroatoms. The van der Waals surface area contributed by atoms with E-state index in [1.54, 1.807) is 45.3 Å². The van der Waals surface area contributed by atoms with Crippen molar-refractivity contribution in [1.82, 2.24) is 9.78 Å². The maximum Gasteiger partial charge on any atom is 0.235 e. The predicted molar refractivity (Wildman–Crippen MR) is 92.2 cm³/mol. The molecule has 0 aliphatic carbocycles. The van der Waals surface area contributed by atoms with Gasteiger partial charge in [0.25, 0.3) is 0 Å². The minimum atomic E-state index is -0.109. The molecular weight excluding hydrogens is 330 g/mol. The lowest BCUT2D eigenvalue weighted by Crippen LogP contribution is -2.15. The Kier molecular flexibility index (Phi) is 4.57. The maximum absolute atomic E-state index is 12.0. The van der Waals surface area contributed by atoms with E-state index in [-0.39, 0.29) is 11.2 Å². The van der Waals surface area contributed by atoms with E-state index in [9.17, 15) is 4.79 Å². The molecule has 3 rings (SSSR count). The summed E-state index contributed by atoms with van der Waals surface area (Å²) in [6.07, 6.45) is 1.77. The molecule has 0 unspecified atom stereocenters. The van der Waals surface area contributed by atoms with Crippen LogP contribution >= 0.6 is 11.8 Å². The van der Waals surface area contributed by atoms with Gasteiger partial charge in [0, 0.05) is 24.2 Å². The number of rotatable bonds is 4. The quantitative estimate of drug-likeness (QED) is 0.912. The Labute approximate surface area is 144 Å². The Hall–Kier alpha value is -2.35. The highest BCUT2D eigenvalue weighted by atomic mass is 32.2. The zero-order chi connectivity index (χ0) is 17.3. The molecule has 24 heavy (non-hydrogen) atoms. The molecule has 2 aromatic rings. The van der Waals surface area contributed by atoms with Gasteiger partial charge in [-0.05, 0) is 6.07 Å². The summed E-state index contributed by atoms with van der Waals surface area (Å²) < 4.78 is 18.0. The third kappa shape index (κ3) is 2.77. The molecule has 1 amide bonds. The molecule has 0 saturated carbocycles. The first-order chi connectivity index (χ1) is 11.6. The van der Waals surface area contributed by atoms with Crippen molar-refractivity contribution in [3.8, 4) is 17.2 Å². The first-order valence-electron chi connectivity index (χ1n) is 7.32. The van der Waals surface area contributed by atoms with Crippen LogP contribution in [0.5, 0.6) is 17.2 Å². The molecule has 1 atom stereocenters. The first kappa shape index (κ1) is 16.5. The van der Waals surface area contributed by atoms with Gasteiger partial charge in [-0.15, -0.1) is 11.8 Å². The van der Waals surface area contributed by atoms with Crippen molar-refractivity contribution in [2.45, 2.75) is 5.25 Å². The van der Waals surface area contributed by atoms with Crippen LogP contribution in [0.3, 0.4) is 0 Å². The van der Waals surface area contributed by atoms with Gasteiger partial charge in [-0.2, -0.15) is 5.10 Å². The fraction of sp³-hybridized carbons (Fsp3) is 0.375. The summed E-state index contributed by atoms with van der Waals surface area (Å²) in [6.45, 7) is 0. The van der Waals surface area contributed by atoms with Gasteiger partial charge in [0.1, 0.15) is 11.6 Å². The van der Waals surface area contributed by atoms with Crippen LogP contribution in [0.1, 0.15) is 16.4 Å². The summed E-state index contributed by atoms with van der Waals surface area (Å²) in [6, 6.07) is 3.69. The van der Waals surface area contributed by atoms with Crippen LogP contribution in [0.15, 0.2) is 18.3 Å². The van der Waals surface area contributed by atoms with Crippen molar-refractivity contribution >= 4 is 23.5 Å². The Morgan fingerprint density at radius 1 is 1.12 bits per heavy atom. The van der Waals surface area contributed by atoms with Gasteiger partial charge in [-0.25, -0.2) is 0 Å². The minimum absolute atomic E-state index is 0.0493. The summed E-state index contributed by atoms with van der Waals surface area (Å²) in [5.74, 6) is 2.88. The van der Waals surface area contributed by atoms with E-state index in [1.807, 2.05) is 6.07 Å². The predicted octanol–water partition coefficient (Wildman–Crippen LogP) is 2.22. The number of benzene rings is 1. The number of nitrogens with zero attached hydrogens (tertiary/aromatic N) is 2. The summed E-state index contributed by atoms with van der Waals surface area (Å²) in [7, 11) is 6.59. The van der Waals surface area contributed by atoms with Crippen LogP contribution in [0.4, 0.5) is 5.82 Å². The van der Waals surface area contributed by atoms with Gasteiger partial charge >= 0.3 is 0 Å². The van der Waals surface area contributed by atoms with Crippen LogP contribution in [0.25, 0.3) is 0 Å². The lowest BCUT2D eigenvalue weighted by Gasteiger charge is -2.20. The molecule has 0 saturated heterocycles. The van der Waals surface area contributed by atoms with E-state index in [4.69, 9.17) is 14.2 Å². The lowest BCUT2D eigenvalue weighted by atomic mass is 10.0. The van der Waals surface area contributed by atoms with Crippen LogP contribution in [-0.4, -0.2) is 42.8 Å². The number of anilines is 1. The monoisotopic (exact) mass is 349 g/mol. The minimum Gasteiger partial charge on any atom is -0.496 e. The molecule has 1 N–H and O–H groups in total. The summed E-state index contributed by atoms with van der Waals surface area (Å²) >= 11 is 1.52. The molecule has 0 spiro atoms. The highest BCUT2D eigenvalue weighted by Gasteiger charge is 2.30. The van der Waals surface area contributed by atoms with Crippen molar-refractivity contribution in [2.75, 3.05) is 32.4 Å². The third-order valence-electron chi connectivity index (χ3n) is 3.91. The van der Waals surface area contributed by atoms with Crippen LogP contribution in [-0.2, 0) is 11.8 Å². The lowest BCUT2D eigenvalue weighted by molar-refractivity contribution is -0.113. The number of amides is 1. The fourth-order valence-corrected chi connectivity index (χ4v) is 3.84. The molecule has 1 aliphatic heterocycles. The smallest absolute Gasteiger partial charge is 0.235 e. The molecule has 1 aliphatic rings. The maximum atomic E-state index is 12.0. The summed E-state index contributed by atoms with van der Waals surface area (Å²) in [5, 5.41) is 7.07. The average molecular weight is 349 g/mol. The van der Waals surface area contributed by atoms with E-state index in [2.05, 4.69) is 10.4 Å². The number of hydrogen-bond acceptors (Lipinski definition) is 6. The van der Waals surface area contributed by atoms with Crippen molar-refractivity contribution in [3.05, 3.63) is 29.5 Å². The van der Waals surface area contributed by atoms with E-state index < -0.39 is 0 Å². The van der Waals surface area contributed by atoms with Crippen molar-refractivity contribution in [3.63, 3.8) is 0 Å². The van der Waals surface area contributed by atoms with Crippen molar-refractivity contribution < 1.29 is 19.0 Å². The Balaban J connectivity index is 2.15. The van der Waals surface area contributed by atoms with E-state index in [1.165, 1.54) is 11.8 Å². The second-order valence-corrected chi connectivity index (χ2v) is 6.35. The van der Waals surface area contributed by atoms with Gasteiger partial charge in [-0.3, -0.25) is 9.48 Å². The zero-order valence-corrected chi connectivity index (χ0v) is 14.8. The Morgan fingerprint density at radius 3 is 2.46 bits per heavy atom. The van der Waals surface area contributed by atoms with Crippen LogP contribution in [0.2, 0.25) is 0 Å². The number of aromatic nitrogens is 2. The second-order valence-electron chi connectivity index (χ2n) is 5.26. The highest BCUT2D eigenvalue weighted by Crippen LogP contribution is 2.47. The number of carbonyl (C=O) groups excluding carboxylic acids is 1. The van der Waals surface area contributed by atoms with E-state index >= 15 is 0 Å². The largest absolute Gasteiger partial charge is 0.496 e. The number of aryl methyl sites for hydroxylation is 1. The number of fused-ring (bicyclic) bond motifs is 1. The van der Waals surface area contributed by atoms with Gasteiger partial charge in [-0.1, -0.05) is 0 Å². The normalized spacial score (nSPS) is 16.8. The van der Waals surface area contributed by atoms with Crippen LogP contribution in [0, 0.1) is 0 Å². The topological polar surface area (TPSA) is 74.6 Å². The van der Waals surface area contributed by atoms with Crippen LogP contribution < -0.4 is 19.5 Å². The molecule has 0 bridgehead atoms. The van der Waals surface area contributed by atoms with Crippen molar-refractivity contribution in [1.29, 1.82) is 0 Å². The molecule has 1 aromatic heterocycles. The van der Waals surface area contributed by atoms with Gasteiger partial charge in [0.2, 0.25) is 5.91 Å². The SMILES string of the molecule is COc1cc(OC)c([C@@H]2SCC(=O)Nc3c2cnn3C)cc1OC. The number of methoxy groups -OCH3 is 3. The van der Waals surface area contributed by atoms with Gasteiger partial charge in [0.05, 0.1) is 38.5 Å². The summed E-state index contributed by atoms with van der Waals surface area (Å²) in [4.78, 5) is 12.0. The number of nitrogens with one attached hydrogen (secondary N) is 1. The highest BCUT2D eigenvalue weighted by molar-refractivity contribution is 8.00. The molecule has 128 valence electrons. The molecule has 0 fully saturated rings. The molecular formula is C16H19N3O4S. The van der Waals surface area contributed by atoms with Gasteiger partial charge < -0.3 is 19.5 Å². The second kappa shape index (κ2) is 6.64. The first-order valence-corrected chi connectivity index (χ1v) is 8.37. The summed E-state index contributed by atoms with van der Waals surface area (Å²) in [5.41, 5.74) is 1.84. The molecule has 7 nitrogen and oxygen atoms in total. The zero-order valence-electron chi connectivity index (χ0n) is 14.0. The standard InChI is InChI=1S/C16H19N3O4S/c1-19-16-10(7-17-19)15(24-8-14(20)18-16)9-5-12(22-3)13(23-4)6-11(9)21-2/h5-7,15H,8H2,1-4H3,(H,18,20)/t15-/m0/s1. The fourth-order valence-electron chi connectivity index (χ4n) is 2.73. The number of ether oxygens (including phenoxy) is 3. The Bertz CT molecular complexity index is 775. The van der Waals surface area contributed by atoms with Crippen molar-refractivity contribution in [2.24, 2.45) is 7.05 Å². The van der Waals surface area contributed by atoms with Gasteiger partial charge in [0.15, 0.2) is 11.5 Å². The number of hydrogen-bond donors (Lipinski definition) is 1. The molecule has 2 heterocycles. The Morgan fingerprint density at radius 2 is 1.79 bits per heavy atom. The molecule has 0 radical (unpaired) electrons. The third-order valence-corrected chi connectivity index (χ3v) is 5.18. The number of carbonyl (C=O) groups is 1. The average Bonchev–Trinajstić information content (AvgIpc) is 2.85.